The zero-order valence-electron chi connectivity index (χ0n) is 26.8. The van der Waals surface area contributed by atoms with E-state index in [2.05, 4.69) is 29.9 Å². The normalized spacial score (nSPS) is 29.2. The number of aliphatic hydroxyl groups is 4. The first-order chi connectivity index (χ1) is 25.4. The summed E-state index contributed by atoms with van der Waals surface area (Å²) in [6.07, 6.45) is -12.7. The first-order valence-corrected chi connectivity index (χ1v) is 20.2. The lowest BCUT2D eigenvalue weighted by Gasteiger charge is -2.28. The molecule has 2 saturated heterocycles. The fourth-order valence-corrected chi connectivity index (χ4v) is 8.14. The van der Waals surface area contributed by atoms with E-state index in [0.29, 0.717) is 0 Å². The van der Waals surface area contributed by atoms with Crippen molar-refractivity contribution >= 4 is 83.0 Å². The molecule has 2 aliphatic heterocycles. The summed E-state index contributed by atoms with van der Waals surface area (Å²) in [5.74, 6) is -4.07. The Morgan fingerprint density at radius 2 is 1.07 bits per heavy atom. The van der Waals surface area contributed by atoms with Crippen LogP contribution in [-0.4, -0.2) is 153 Å². The Morgan fingerprint density at radius 1 is 0.704 bits per heavy atom. The molecule has 12 atom stereocenters. The topological polar surface area (TPSA) is 391 Å². The maximum Gasteiger partial charge on any atom is 0.336 e. The number of carbonyl (C=O) groups is 2. The van der Waals surface area contributed by atoms with Crippen LogP contribution in [0.4, 0.5) is 11.6 Å². The quantitative estimate of drug-likeness (QED) is 0.0519. The summed E-state index contributed by atoms with van der Waals surface area (Å²) in [6.45, 7) is -11.1. The van der Waals surface area contributed by atoms with Gasteiger partial charge in [0.05, 0.1) is 25.9 Å². The largest absolute Gasteiger partial charge is 0.479 e. The molecule has 0 aliphatic carbocycles. The third-order valence-corrected chi connectivity index (χ3v) is 11.1. The van der Waals surface area contributed by atoms with Crippen molar-refractivity contribution in [2.45, 2.75) is 61.3 Å². The molecular weight excluding hydrogens is 810 g/mol. The van der Waals surface area contributed by atoms with Gasteiger partial charge in [0.2, 0.25) is 12.2 Å². The summed E-state index contributed by atoms with van der Waals surface area (Å²) >= 11 is 9.74. The van der Waals surface area contributed by atoms with Crippen LogP contribution < -0.4 is 11.5 Å². The second kappa shape index (κ2) is 15.5. The molecule has 30 heteroatoms. The number of nitrogen functional groups attached to an aromatic ring is 2. The van der Waals surface area contributed by atoms with Crippen molar-refractivity contribution < 1.29 is 77.6 Å². The highest BCUT2D eigenvalue weighted by Crippen LogP contribution is 2.50. The number of nitrogens with zero attached hydrogens (tertiary/aromatic N) is 8. The zero-order chi connectivity index (χ0) is 39.3. The predicted molar refractivity (Wildman–Crippen MR) is 181 cm³/mol. The molecule has 12 unspecified atom stereocenters. The fraction of sp³-hybridized carbons (Fsp3) is 0.500. The number of fused-ring (bicyclic) bond motifs is 2. The zero-order valence-corrected chi connectivity index (χ0v) is 30.2. The molecular formula is C24H30N10O16P2S2. The number of aliphatic hydroxyl groups excluding tert-OH is 4. The number of carboxylic acids is 2. The van der Waals surface area contributed by atoms with E-state index in [4.69, 9.17) is 62.6 Å². The number of hydrogen-bond acceptors (Lipinski definition) is 22. The molecule has 294 valence electrons. The van der Waals surface area contributed by atoms with Gasteiger partial charge in [-0.3, -0.25) is 18.2 Å². The van der Waals surface area contributed by atoms with E-state index in [9.17, 15) is 50.0 Å². The van der Waals surface area contributed by atoms with Gasteiger partial charge in [0.15, 0.2) is 35.4 Å². The second-order valence-corrected chi connectivity index (χ2v) is 17.1. The smallest absolute Gasteiger partial charge is 0.336 e. The lowest BCUT2D eigenvalue weighted by molar-refractivity contribution is -0.163. The van der Waals surface area contributed by atoms with E-state index in [1.54, 1.807) is 0 Å². The van der Waals surface area contributed by atoms with E-state index in [1.165, 1.54) is 21.8 Å². The summed E-state index contributed by atoms with van der Waals surface area (Å²) in [4.78, 5) is 69.5. The second-order valence-electron chi connectivity index (χ2n) is 11.5. The Hall–Kier alpha value is -3.54. The van der Waals surface area contributed by atoms with Gasteiger partial charge in [0.1, 0.15) is 60.3 Å². The van der Waals surface area contributed by atoms with Gasteiger partial charge in [-0.15, -0.1) is 0 Å². The number of hydrogen-bond donors (Lipinski definition) is 10. The van der Waals surface area contributed by atoms with E-state index in [-0.39, 0.29) is 34.0 Å². The highest BCUT2D eigenvalue weighted by molar-refractivity contribution is 8.07. The molecule has 0 radical (unpaired) electrons. The van der Waals surface area contributed by atoms with E-state index in [0.717, 1.165) is 12.7 Å². The Bertz CT molecular complexity index is 2000. The number of aromatic nitrogens is 8. The molecule has 54 heavy (non-hydrogen) atoms. The molecule has 0 spiro atoms. The Labute approximate surface area is 310 Å². The van der Waals surface area contributed by atoms with E-state index < -0.39 is 99.9 Å². The Kier molecular flexibility index (Phi) is 11.5. The number of ether oxygens (including phenoxy) is 2. The number of imidazole rings is 2. The SMILES string of the molecule is Nc1ncnc2c1ncn2C1OC(COP(O)(=S)OC(C(=O)O)C(OP(O)(=S)OCC2OC(n3cnc4c(N)ncnc43)C(O)C2O)C(=O)O)C(O)C1O. The third kappa shape index (κ3) is 8.05. The maximum atomic E-state index is 12.1. The Balaban J connectivity index is 1.08. The predicted octanol–water partition coefficient (Wildman–Crippen LogP) is -3.52. The molecule has 6 rings (SSSR count). The number of anilines is 2. The van der Waals surface area contributed by atoms with Crippen LogP contribution in [0.25, 0.3) is 22.3 Å². The lowest BCUT2D eigenvalue weighted by atomic mass is 10.1. The standard InChI is InChI=1S/C24H30N10O16P2S2/c25-17-9-19(29-3-27-17)33(5-31-9)21-13(37)11(35)7(47-21)1-45-51(43,53)49-15(23(39)40)16(24(41)42)50-52(44,54)46-2-8-12(36)14(38)22(48-8)34-6-32-10-18(26)28-4-30-20(10)34/h3-8,11-16,21-22,35-38H,1-2H2,(H,39,40)(H,41,42)(H,43,53)(H,44,54)(H2,25,27,29)(H2,26,28,30). The van der Waals surface area contributed by atoms with Crippen LogP contribution in [0.5, 0.6) is 0 Å². The minimum Gasteiger partial charge on any atom is -0.479 e. The molecule has 4 aromatic rings. The van der Waals surface area contributed by atoms with Crippen molar-refractivity contribution in [1.29, 1.82) is 0 Å². The molecule has 0 bridgehead atoms. The fourth-order valence-electron chi connectivity index (χ4n) is 5.45. The van der Waals surface area contributed by atoms with Gasteiger partial charge < -0.3 is 70.4 Å². The van der Waals surface area contributed by atoms with Gasteiger partial charge >= 0.3 is 25.4 Å². The molecule has 2 fully saturated rings. The van der Waals surface area contributed by atoms with E-state index >= 15 is 0 Å². The summed E-state index contributed by atoms with van der Waals surface area (Å²) in [5.41, 5.74) is 12.2. The number of carboxylic acid groups (broad SMARTS) is 2. The molecule has 0 saturated carbocycles. The summed E-state index contributed by atoms with van der Waals surface area (Å²) < 4.78 is 34.0. The third-order valence-electron chi connectivity index (χ3n) is 8.06. The van der Waals surface area contributed by atoms with Crippen molar-refractivity contribution in [3.05, 3.63) is 25.3 Å². The summed E-state index contributed by atoms with van der Waals surface area (Å²) in [7, 11) is 0. The summed E-state index contributed by atoms with van der Waals surface area (Å²) in [5, 5.41) is 62.1. The maximum absolute atomic E-state index is 12.1. The molecule has 26 nitrogen and oxygen atoms in total. The van der Waals surface area contributed by atoms with Crippen LogP contribution in [0, 0.1) is 0 Å². The average Bonchev–Trinajstić information content (AvgIpc) is 3.87. The lowest BCUT2D eigenvalue weighted by Crippen LogP contribution is -2.43. The molecule has 6 heterocycles. The van der Waals surface area contributed by atoms with Crippen molar-refractivity contribution in [1.82, 2.24) is 39.0 Å². The highest BCUT2D eigenvalue weighted by atomic mass is 32.5. The summed E-state index contributed by atoms with van der Waals surface area (Å²) in [6, 6.07) is 0. The van der Waals surface area contributed by atoms with Crippen molar-refractivity contribution in [2.24, 2.45) is 0 Å². The minimum atomic E-state index is -4.75. The van der Waals surface area contributed by atoms with Crippen molar-refractivity contribution in [2.75, 3.05) is 24.7 Å². The first kappa shape index (κ1) is 40.1. The van der Waals surface area contributed by atoms with Gasteiger partial charge in [0.25, 0.3) is 0 Å². The van der Waals surface area contributed by atoms with Crippen LogP contribution in [0.2, 0.25) is 0 Å². The molecule has 0 amide bonds. The molecule has 2 aliphatic rings. The highest BCUT2D eigenvalue weighted by Gasteiger charge is 2.48. The van der Waals surface area contributed by atoms with Gasteiger partial charge in [-0.2, -0.15) is 0 Å². The molecule has 4 aromatic heterocycles. The van der Waals surface area contributed by atoms with Gasteiger partial charge in [-0.1, -0.05) is 0 Å². The van der Waals surface area contributed by atoms with Crippen LogP contribution >= 0.6 is 13.4 Å². The molecule has 12 N–H and O–H groups in total. The van der Waals surface area contributed by atoms with Crippen LogP contribution in [0.3, 0.4) is 0 Å². The van der Waals surface area contributed by atoms with Crippen LogP contribution in [0.15, 0.2) is 25.3 Å². The van der Waals surface area contributed by atoms with E-state index in [1.807, 2.05) is 0 Å². The number of rotatable bonds is 15. The van der Waals surface area contributed by atoms with Gasteiger partial charge in [-0.25, -0.2) is 39.5 Å². The van der Waals surface area contributed by atoms with Crippen molar-refractivity contribution in [3.63, 3.8) is 0 Å². The Morgan fingerprint density at radius 3 is 1.43 bits per heavy atom. The molecule has 0 aromatic carbocycles. The van der Waals surface area contributed by atoms with Gasteiger partial charge in [-0.05, 0) is 23.6 Å². The van der Waals surface area contributed by atoms with Crippen LogP contribution in [0.1, 0.15) is 12.5 Å². The van der Waals surface area contributed by atoms with Crippen LogP contribution in [-0.2, 0) is 60.8 Å². The minimum absolute atomic E-state index is 0.0301. The number of aliphatic carboxylic acids is 2. The monoisotopic (exact) mass is 840 g/mol. The average molecular weight is 841 g/mol. The van der Waals surface area contributed by atoms with Crippen molar-refractivity contribution in [3.8, 4) is 0 Å². The first-order valence-electron chi connectivity index (χ1n) is 15.1. The van der Waals surface area contributed by atoms with Gasteiger partial charge in [0, 0.05) is 0 Å². The number of nitrogens with two attached hydrogens (primary N) is 2.